The molecule has 19 rings (SSSR count). The predicted octanol–water partition coefficient (Wildman–Crippen LogP) is 23.1. The highest BCUT2D eigenvalue weighted by Crippen LogP contribution is 2.59. The number of ether oxygens (including phenoxy) is 2. The van der Waals surface area contributed by atoms with Crippen LogP contribution in [-0.4, -0.2) is 34.9 Å². The fourth-order valence-electron chi connectivity index (χ4n) is 15.4. The minimum absolute atomic E-state index is 0.527. The van der Waals surface area contributed by atoms with E-state index in [1.807, 2.05) is 115 Å². The summed E-state index contributed by atoms with van der Waals surface area (Å²) in [5, 5.41) is 0. The third kappa shape index (κ3) is 11.6. The highest BCUT2D eigenvalue weighted by Gasteiger charge is 2.48. The minimum atomic E-state index is -0.665. The highest BCUT2D eigenvalue weighted by atomic mass is 16.5. The maximum absolute atomic E-state index is 6.61. The van der Waals surface area contributed by atoms with Crippen LogP contribution >= 0.6 is 0 Å². The van der Waals surface area contributed by atoms with E-state index in [1.165, 1.54) is 5.56 Å². The number of benzene rings is 14. The number of fused-ring (bicyclic) bond motifs is 4. The van der Waals surface area contributed by atoms with Crippen molar-refractivity contribution in [1.29, 1.82) is 0 Å². The van der Waals surface area contributed by atoms with Gasteiger partial charge in [0.1, 0.15) is 28.7 Å². The summed E-state index contributed by atoms with van der Waals surface area (Å²) in [5.41, 5.74) is 19.5. The predicted molar refractivity (Wildman–Crippen MR) is 423 cm³/mol. The molecule has 500 valence electrons. The van der Waals surface area contributed by atoms with E-state index in [-0.39, 0.29) is 0 Å². The van der Waals surface area contributed by atoms with Crippen molar-refractivity contribution in [3.05, 3.63) is 439 Å². The Morgan fingerprint density at radius 2 is 0.481 bits per heavy atom. The first-order chi connectivity index (χ1) is 52.6. The van der Waals surface area contributed by atoms with E-state index in [2.05, 4.69) is 278 Å². The van der Waals surface area contributed by atoms with E-state index < -0.39 is 10.8 Å². The van der Waals surface area contributed by atoms with Gasteiger partial charge in [0.05, 0.1) is 10.8 Å². The van der Waals surface area contributed by atoms with Crippen LogP contribution in [0.15, 0.2) is 394 Å². The van der Waals surface area contributed by atoms with Crippen molar-refractivity contribution in [3.63, 3.8) is 0 Å². The van der Waals surface area contributed by atoms with Gasteiger partial charge in [-0.3, -0.25) is 4.98 Å². The van der Waals surface area contributed by atoms with E-state index in [9.17, 15) is 0 Å². The van der Waals surface area contributed by atoms with E-state index in [1.54, 1.807) is 6.20 Å². The maximum Gasteiger partial charge on any atom is 0.182 e. The van der Waals surface area contributed by atoms with Gasteiger partial charge in [0, 0.05) is 56.3 Å². The smallest absolute Gasteiger partial charge is 0.182 e. The monoisotopic (exact) mass is 1360 g/mol. The molecule has 0 saturated heterocycles. The Bertz CT molecular complexity index is 5890. The molecular formula is C97H65N7O2. The first kappa shape index (κ1) is 64.0. The zero-order valence-corrected chi connectivity index (χ0v) is 57.5. The second kappa shape index (κ2) is 28.0. The van der Waals surface area contributed by atoms with Gasteiger partial charge in [-0.1, -0.05) is 340 Å². The van der Waals surface area contributed by atoms with Crippen LogP contribution in [0.2, 0.25) is 0 Å². The summed E-state index contributed by atoms with van der Waals surface area (Å²) >= 11 is 0. The molecule has 0 amide bonds. The molecule has 106 heavy (non-hydrogen) atoms. The summed E-state index contributed by atoms with van der Waals surface area (Å²) < 4.78 is 13.2. The van der Waals surface area contributed by atoms with Gasteiger partial charge in [0.2, 0.25) is 0 Å². The van der Waals surface area contributed by atoms with Crippen LogP contribution in [0.1, 0.15) is 44.5 Å². The molecule has 9 heteroatoms. The Morgan fingerprint density at radius 1 is 0.189 bits per heavy atom. The average Bonchev–Trinajstić information content (AvgIpc) is 0.708. The molecule has 0 bridgehead atoms. The number of para-hydroxylation sites is 4. The van der Waals surface area contributed by atoms with E-state index in [4.69, 9.17) is 39.4 Å². The van der Waals surface area contributed by atoms with Crippen LogP contribution in [0, 0.1) is 0 Å². The summed E-state index contributed by atoms with van der Waals surface area (Å²) in [6.07, 6.45) is 1.76. The SMILES string of the molecule is c1ccc(-c2nc(-c3cccc(-c4ccccc4C4(c5ccccc5)c5ccccc5Oc5ccccc54)c3)nc(-c3ccccc3-c3ccccc3)n2)cc1.c1ccc(-c2nc(-c3cccc(-c4ccccc4C4(c5ccccc5)c5ccccc5Oc5ccccc54)c3)nc(-c3ccccn3)n2)cc1. The third-order valence-electron chi connectivity index (χ3n) is 20.0. The molecule has 17 aromatic rings. The van der Waals surface area contributed by atoms with Gasteiger partial charge < -0.3 is 9.47 Å². The fourth-order valence-corrected chi connectivity index (χ4v) is 15.4. The average molecular weight is 1360 g/mol. The lowest BCUT2D eigenvalue weighted by molar-refractivity contribution is 0.434. The van der Waals surface area contributed by atoms with Gasteiger partial charge >= 0.3 is 0 Å². The Morgan fingerprint density at radius 3 is 0.887 bits per heavy atom. The molecule has 9 nitrogen and oxygen atoms in total. The molecule has 0 spiro atoms. The number of hydrogen-bond acceptors (Lipinski definition) is 9. The topological polar surface area (TPSA) is 109 Å². The molecule has 14 aromatic carbocycles. The van der Waals surface area contributed by atoms with Crippen molar-refractivity contribution in [2.24, 2.45) is 0 Å². The summed E-state index contributed by atoms with van der Waals surface area (Å²) in [7, 11) is 0. The molecule has 2 aliphatic rings. The molecule has 2 aliphatic heterocycles. The molecular weight excluding hydrogens is 1300 g/mol. The van der Waals surface area contributed by atoms with Gasteiger partial charge in [-0.25, -0.2) is 29.9 Å². The van der Waals surface area contributed by atoms with E-state index in [0.717, 1.165) is 123 Å². The first-order valence-corrected chi connectivity index (χ1v) is 35.5. The van der Waals surface area contributed by atoms with Crippen molar-refractivity contribution >= 4 is 0 Å². The van der Waals surface area contributed by atoms with Crippen molar-refractivity contribution < 1.29 is 9.47 Å². The zero-order valence-electron chi connectivity index (χ0n) is 57.5. The lowest BCUT2D eigenvalue weighted by Gasteiger charge is -2.42. The Kier molecular flexibility index (Phi) is 16.9. The van der Waals surface area contributed by atoms with Crippen LogP contribution in [0.5, 0.6) is 23.0 Å². The number of aromatic nitrogens is 7. The normalized spacial score (nSPS) is 12.6. The summed E-state index contributed by atoms with van der Waals surface area (Å²) in [4.78, 5) is 34.8. The molecule has 0 N–H and O–H groups in total. The highest BCUT2D eigenvalue weighted by molar-refractivity contribution is 5.85. The first-order valence-electron chi connectivity index (χ1n) is 35.5. The molecule has 5 heterocycles. The van der Waals surface area contributed by atoms with E-state index in [0.29, 0.717) is 40.6 Å². The summed E-state index contributed by atoms with van der Waals surface area (Å²) in [6.45, 7) is 0. The molecule has 0 aliphatic carbocycles. The Balaban J connectivity index is 0.000000151. The van der Waals surface area contributed by atoms with Crippen LogP contribution in [0.3, 0.4) is 0 Å². The van der Waals surface area contributed by atoms with Crippen molar-refractivity contribution in [2.75, 3.05) is 0 Å². The quantitative estimate of drug-likeness (QED) is 0.111. The fraction of sp³-hybridized carbons (Fsp3) is 0.0206. The van der Waals surface area contributed by atoms with Gasteiger partial charge in [-0.15, -0.1) is 0 Å². The molecule has 0 unspecified atom stereocenters. The largest absolute Gasteiger partial charge is 0.457 e. The molecule has 3 aromatic heterocycles. The number of hydrogen-bond donors (Lipinski definition) is 0. The van der Waals surface area contributed by atoms with E-state index >= 15 is 0 Å². The third-order valence-corrected chi connectivity index (χ3v) is 20.0. The van der Waals surface area contributed by atoms with Gasteiger partial charge in [-0.05, 0) is 104 Å². The van der Waals surface area contributed by atoms with Crippen LogP contribution < -0.4 is 9.47 Å². The minimum Gasteiger partial charge on any atom is -0.457 e. The second-order valence-corrected chi connectivity index (χ2v) is 26.1. The maximum atomic E-state index is 6.61. The van der Waals surface area contributed by atoms with Crippen molar-refractivity contribution in [3.8, 4) is 125 Å². The Labute approximate surface area is 615 Å². The van der Waals surface area contributed by atoms with Crippen molar-refractivity contribution in [1.82, 2.24) is 34.9 Å². The van der Waals surface area contributed by atoms with Crippen LogP contribution in [0.4, 0.5) is 0 Å². The van der Waals surface area contributed by atoms with Gasteiger partial charge in [0.25, 0.3) is 0 Å². The molecule has 0 atom stereocenters. The summed E-state index contributed by atoms with van der Waals surface area (Å²) in [6, 6.07) is 134. The lowest BCUT2D eigenvalue weighted by atomic mass is 9.62. The standard InChI is InChI=1S/C52H35N3O.C45H30N4O/c1-4-19-36(20-5-1)41-27-10-11-29-43(41)51-54-49(37-21-6-2-7-22-37)53-50(55-51)39-24-18-23-38(35-39)42-28-12-13-30-44(42)52(40-25-8-3-9-26-40)45-31-14-16-33-47(45)56-48-34-17-15-32-46(48)52;1-3-16-31(17-4-1)42-47-43(49-44(48-42)39-26-13-14-29-46-39)33-19-15-18-32(30-33)35-22-7-8-23-36(35)45(34-20-5-2-6-21-34)37-24-9-11-27-40(37)50-41-28-12-10-25-38(41)45/h1-35H;1-30H. The molecule has 0 saturated carbocycles. The number of pyridine rings is 1. The number of rotatable bonds is 13. The zero-order chi connectivity index (χ0) is 70.6. The molecule has 0 radical (unpaired) electrons. The van der Waals surface area contributed by atoms with Gasteiger partial charge in [-0.2, -0.15) is 0 Å². The van der Waals surface area contributed by atoms with Crippen LogP contribution in [-0.2, 0) is 10.8 Å². The number of nitrogens with zero attached hydrogens (tertiary/aromatic N) is 7. The Hall–Kier alpha value is -14.2. The molecule has 0 fully saturated rings. The lowest BCUT2D eigenvalue weighted by Crippen LogP contribution is -2.34. The van der Waals surface area contributed by atoms with Crippen LogP contribution in [0.25, 0.3) is 102 Å². The van der Waals surface area contributed by atoms with Gasteiger partial charge in [0.15, 0.2) is 34.9 Å². The van der Waals surface area contributed by atoms with Crippen molar-refractivity contribution in [2.45, 2.75) is 10.8 Å². The summed E-state index contributed by atoms with van der Waals surface area (Å²) in [5.74, 6) is 6.95. The second-order valence-electron chi connectivity index (χ2n) is 26.1.